The smallest absolute Gasteiger partial charge is 0.237 e. The van der Waals surface area contributed by atoms with Crippen LogP contribution in [0.25, 0.3) is 10.7 Å². The van der Waals surface area contributed by atoms with Gasteiger partial charge < -0.3 is 9.09 Å². The van der Waals surface area contributed by atoms with Crippen LogP contribution in [0.2, 0.25) is 0 Å². The Morgan fingerprint density at radius 1 is 1.31 bits per heavy atom. The first-order valence-corrected chi connectivity index (χ1v) is 10.7. The van der Waals surface area contributed by atoms with Crippen LogP contribution in [0.15, 0.2) is 39.8 Å². The second-order valence-corrected chi connectivity index (χ2v) is 8.24. The maximum atomic E-state index is 5.38. The number of rotatable bonds is 7. The molecule has 1 aliphatic rings. The second-order valence-electron chi connectivity index (χ2n) is 6.35. The van der Waals surface area contributed by atoms with Crippen molar-refractivity contribution in [2.45, 2.75) is 55.5 Å². The van der Waals surface area contributed by atoms with Gasteiger partial charge >= 0.3 is 0 Å². The molecule has 3 heterocycles. The van der Waals surface area contributed by atoms with Crippen molar-refractivity contribution in [3.05, 3.63) is 41.9 Å². The summed E-state index contributed by atoms with van der Waals surface area (Å²) in [6, 6.07) is 3.97. The molecule has 3 aromatic heterocycles. The summed E-state index contributed by atoms with van der Waals surface area (Å²) in [5.41, 5.74) is 0. The largest absolute Gasteiger partial charge is 0.338 e. The van der Waals surface area contributed by atoms with Crippen molar-refractivity contribution in [2.24, 2.45) is 0 Å². The van der Waals surface area contributed by atoms with Gasteiger partial charge in [-0.15, -0.1) is 28.1 Å². The van der Waals surface area contributed by atoms with Gasteiger partial charge in [0.05, 0.1) is 10.6 Å². The van der Waals surface area contributed by atoms with Crippen LogP contribution in [-0.2, 0) is 12.3 Å². The number of nitrogens with zero attached hydrogens (tertiary/aromatic N) is 5. The Morgan fingerprint density at radius 3 is 2.96 bits per heavy atom. The molecule has 0 N–H and O–H groups in total. The molecule has 136 valence electrons. The number of thiophene rings is 1. The lowest BCUT2D eigenvalue weighted by atomic mass is 9.89. The van der Waals surface area contributed by atoms with Gasteiger partial charge in [0.1, 0.15) is 5.82 Å². The molecule has 0 aromatic carbocycles. The van der Waals surface area contributed by atoms with Crippen LogP contribution >= 0.6 is 23.1 Å². The summed E-state index contributed by atoms with van der Waals surface area (Å²) in [5.74, 6) is 3.44. The third-order valence-electron chi connectivity index (χ3n) is 4.56. The van der Waals surface area contributed by atoms with Crippen molar-refractivity contribution in [3.8, 4) is 10.7 Å². The molecule has 0 atom stereocenters. The quantitative estimate of drug-likeness (QED) is 0.423. The highest BCUT2D eigenvalue weighted by atomic mass is 32.2. The Bertz CT molecular complexity index is 849. The highest BCUT2D eigenvalue weighted by Gasteiger charge is 2.23. The number of hydrogen-bond donors (Lipinski definition) is 0. The molecule has 0 spiro atoms. The Balaban J connectivity index is 1.47. The van der Waals surface area contributed by atoms with Crippen molar-refractivity contribution in [3.63, 3.8) is 0 Å². The van der Waals surface area contributed by atoms with Gasteiger partial charge in [-0.05, 0) is 24.3 Å². The zero-order valence-electron chi connectivity index (χ0n) is 14.5. The lowest BCUT2D eigenvalue weighted by molar-refractivity contribution is 0.391. The van der Waals surface area contributed by atoms with E-state index in [2.05, 4.69) is 31.5 Å². The average Bonchev–Trinajstić information content (AvgIpc) is 3.42. The minimum atomic E-state index is 0.513. The first kappa shape index (κ1) is 17.5. The predicted octanol–water partition coefficient (Wildman–Crippen LogP) is 4.92. The first-order valence-electron chi connectivity index (χ1n) is 8.88. The summed E-state index contributed by atoms with van der Waals surface area (Å²) < 4.78 is 7.56. The Hall–Kier alpha value is -1.93. The van der Waals surface area contributed by atoms with E-state index in [-0.39, 0.29) is 0 Å². The van der Waals surface area contributed by atoms with Crippen LogP contribution in [0, 0.1) is 0 Å². The normalized spacial score (nSPS) is 15.4. The van der Waals surface area contributed by atoms with E-state index >= 15 is 0 Å². The van der Waals surface area contributed by atoms with Crippen molar-refractivity contribution in [1.29, 1.82) is 0 Å². The molecule has 1 saturated carbocycles. The molecule has 3 aromatic rings. The SMILES string of the molecule is C=CCn1c(SCc2nc(-c3cccs3)no2)nnc1C1CCCCC1. The number of allylic oxidation sites excluding steroid dienone is 1. The van der Waals surface area contributed by atoms with Crippen molar-refractivity contribution in [2.75, 3.05) is 0 Å². The van der Waals surface area contributed by atoms with Crippen LogP contribution in [0.1, 0.15) is 49.7 Å². The Kier molecular flexibility index (Phi) is 5.50. The molecule has 6 nitrogen and oxygen atoms in total. The molecule has 0 radical (unpaired) electrons. The summed E-state index contributed by atoms with van der Waals surface area (Å²) in [4.78, 5) is 5.49. The van der Waals surface area contributed by atoms with Crippen LogP contribution in [0.4, 0.5) is 0 Å². The standard InChI is InChI=1S/C18H21N5OS2/c1-2-10-23-17(13-7-4-3-5-8-13)20-21-18(23)26-12-15-19-16(22-24-15)14-9-6-11-25-14/h2,6,9,11,13H,1,3-5,7-8,10,12H2. The molecule has 0 amide bonds. The maximum Gasteiger partial charge on any atom is 0.237 e. The number of hydrogen-bond acceptors (Lipinski definition) is 7. The van der Waals surface area contributed by atoms with Gasteiger partial charge in [0.15, 0.2) is 5.16 Å². The lowest BCUT2D eigenvalue weighted by Gasteiger charge is -2.21. The van der Waals surface area contributed by atoms with E-state index in [9.17, 15) is 0 Å². The topological polar surface area (TPSA) is 69.6 Å². The molecule has 0 aliphatic heterocycles. The molecule has 8 heteroatoms. The summed E-state index contributed by atoms with van der Waals surface area (Å²) in [6.45, 7) is 4.62. The molecule has 26 heavy (non-hydrogen) atoms. The van der Waals surface area contributed by atoms with E-state index in [4.69, 9.17) is 4.52 Å². The van der Waals surface area contributed by atoms with E-state index in [1.165, 1.54) is 32.1 Å². The van der Waals surface area contributed by atoms with Gasteiger partial charge in [0.2, 0.25) is 11.7 Å². The summed E-state index contributed by atoms with van der Waals surface area (Å²) >= 11 is 3.19. The zero-order chi connectivity index (χ0) is 17.8. The Labute approximate surface area is 160 Å². The third-order valence-corrected chi connectivity index (χ3v) is 6.38. The van der Waals surface area contributed by atoms with Gasteiger partial charge in [-0.2, -0.15) is 4.98 Å². The number of thioether (sulfide) groups is 1. The van der Waals surface area contributed by atoms with Crippen LogP contribution in [0.5, 0.6) is 0 Å². The lowest BCUT2D eigenvalue weighted by Crippen LogP contribution is -2.12. The highest BCUT2D eigenvalue weighted by molar-refractivity contribution is 7.98. The van der Waals surface area contributed by atoms with Crippen molar-refractivity contribution in [1.82, 2.24) is 24.9 Å². The van der Waals surface area contributed by atoms with E-state index in [0.29, 0.717) is 23.4 Å². The fourth-order valence-electron chi connectivity index (χ4n) is 3.32. The van der Waals surface area contributed by atoms with Gasteiger partial charge in [-0.1, -0.05) is 48.3 Å². The molecular weight excluding hydrogens is 366 g/mol. The second kappa shape index (κ2) is 8.18. The fraction of sp³-hybridized carbons (Fsp3) is 0.444. The fourth-order valence-corrected chi connectivity index (χ4v) is 4.76. The Morgan fingerprint density at radius 2 is 2.19 bits per heavy atom. The van der Waals surface area contributed by atoms with E-state index in [1.807, 2.05) is 23.6 Å². The predicted molar refractivity (Wildman–Crippen MR) is 103 cm³/mol. The third kappa shape index (κ3) is 3.76. The maximum absolute atomic E-state index is 5.38. The van der Waals surface area contributed by atoms with Gasteiger partial charge in [-0.25, -0.2) is 0 Å². The monoisotopic (exact) mass is 387 g/mol. The molecule has 4 rings (SSSR count). The minimum absolute atomic E-state index is 0.513. The first-order chi connectivity index (χ1) is 12.8. The zero-order valence-corrected chi connectivity index (χ0v) is 16.1. The highest BCUT2D eigenvalue weighted by Crippen LogP contribution is 2.34. The minimum Gasteiger partial charge on any atom is -0.338 e. The molecule has 0 bridgehead atoms. The average molecular weight is 388 g/mol. The van der Waals surface area contributed by atoms with Gasteiger partial charge in [0.25, 0.3) is 0 Å². The van der Waals surface area contributed by atoms with E-state index < -0.39 is 0 Å². The number of aromatic nitrogens is 5. The molecule has 0 unspecified atom stereocenters. The van der Waals surface area contributed by atoms with Crippen LogP contribution in [0.3, 0.4) is 0 Å². The summed E-state index contributed by atoms with van der Waals surface area (Å²) in [6.07, 6.45) is 8.20. The molecular formula is C18H21N5OS2. The summed E-state index contributed by atoms with van der Waals surface area (Å²) in [5, 5.41) is 15.9. The molecule has 1 aliphatic carbocycles. The van der Waals surface area contributed by atoms with Crippen molar-refractivity contribution >= 4 is 23.1 Å². The van der Waals surface area contributed by atoms with Gasteiger partial charge in [0, 0.05) is 12.5 Å². The van der Waals surface area contributed by atoms with Crippen LogP contribution in [-0.4, -0.2) is 24.9 Å². The van der Waals surface area contributed by atoms with E-state index in [1.54, 1.807) is 23.1 Å². The van der Waals surface area contributed by atoms with Crippen LogP contribution < -0.4 is 0 Å². The molecule has 0 saturated heterocycles. The summed E-state index contributed by atoms with van der Waals surface area (Å²) in [7, 11) is 0. The van der Waals surface area contributed by atoms with E-state index in [0.717, 1.165) is 22.4 Å². The van der Waals surface area contributed by atoms with Gasteiger partial charge in [-0.3, -0.25) is 0 Å². The molecule has 1 fully saturated rings. The van der Waals surface area contributed by atoms with Crippen molar-refractivity contribution < 1.29 is 4.52 Å².